The van der Waals surface area contributed by atoms with Gasteiger partial charge < -0.3 is 15.0 Å². The molecule has 0 saturated heterocycles. The molecule has 0 amide bonds. The molecule has 2 atom stereocenters. The maximum atomic E-state index is 10.5. The van der Waals surface area contributed by atoms with Crippen molar-refractivity contribution in [2.45, 2.75) is 64.8 Å². The van der Waals surface area contributed by atoms with E-state index < -0.39 is 0 Å². The molecule has 2 aromatic rings. The van der Waals surface area contributed by atoms with Gasteiger partial charge in [0.15, 0.2) is 0 Å². The number of benzene rings is 1. The number of hydrogen-bond donors (Lipinski definition) is 2. The Morgan fingerprint density at radius 2 is 2.00 bits per heavy atom. The zero-order chi connectivity index (χ0) is 17.6. The fourth-order valence-electron chi connectivity index (χ4n) is 4.72. The summed E-state index contributed by atoms with van der Waals surface area (Å²) in [6, 6.07) is 7.79. The lowest BCUT2D eigenvalue weighted by molar-refractivity contribution is 0.0631. The highest BCUT2D eigenvalue weighted by atomic mass is 35.5. The van der Waals surface area contributed by atoms with E-state index in [1.807, 2.05) is 0 Å². The van der Waals surface area contributed by atoms with Crippen molar-refractivity contribution in [2.24, 2.45) is 0 Å². The number of β-amino-alcohol motifs (C(OH)–C–C–N with tert-alkyl or cyclic N) is 1. The highest BCUT2D eigenvalue weighted by Crippen LogP contribution is 2.42. The fraction of sp³-hybridized carbons (Fsp3) is 0.619. The van der Waals surface area contributed by atoms with Crippen LogP contribution in [0.25, 0.3) is 10.9 Å². The van der Waals surface area contributed by atoms with E-state index in [1.165, 1.54) is 41.4 Å². The van der Waals surface area contributed by atoms with Crippen molar-refractivity contribution in [1.29, 1.82) is 0 Å². The van der Waals surface area contributed by atoms with Crippen molar-refractivity contribution in [3.05, 3.63) is 35.0 Å². The molecule has 27 heavy (non-hydrogen) atoms. The van der Waals surface area contributed by atoms with Crippen molar-refractivity contribution in [2.75, 3.05) is 19.6 Å². The number of fused-ring (bicyclic) bond motifs is 3. The van der Waals surface area contributed by atoms with Crippen molar-refractivity contribution in [3.8, 4) is 0 Å². The molecule has 6 heteroatoms. The van der Waals surface area contributed by atoms with Crippen LogP contribution in [0.1, 0.15) is 49.6 Å². The lowest BCUT2D eigenvalue weighted by atomic mass is 9.89. The summed E-state index contributed by atoms with van der Waals surface area (Å²) in [7, 11) is 0. The second-order valence-electron chi connectivity index (χ2n) is 8.16. The second-order valence-corrected chi connectivity index (χ2v) is 8.16. The number of rotatable bonds is 5. The monoisotopic (exact) mass is 413 g/mol. The van der Waals surface area contributed by atoms with Gasteiger partial charge in [0, 0.05) is 48.8 Å². The van der Waals surface area contributed by atoms with Gasteiger partial charge in [0.05, 0.1) is 12.1 Å². The Balaban J connectivity index is 0.00000131. The first-order valence-corrected chi connectivity index (χ1v) is 9.81. The Morgan fingerprint density at radius 3 is 2.74 bits per heavy atom. The maximum Gasteiger partial charge on any atom is 0.0791 e. The highest BCUT2D eigenvalue weighted by Gasteiger charge is 2.35. The Kier molecular flexibility index (Phi) is 7.62. The minimum absolute atomic E-state index is 0. The summed E-state index contributed by atoms with van der Waals surface area (Å²) in [6.45, 7) is 9.96. The fourth-order valence-corrected chi connectivity index (χ4v) is 4.72. The van der Waals surface area contributed by atoms with E-state index in [2.05, 4.69) is 53.8 Å². The molecule has 4 nitrogen and oxygen atoms in total. The van der Waals surface area contributed by atoms with Gasteiger partial charge in [-0.25, -0.2) is 0 Å². The van der Waals surface area contributed by atoms with Gasteiger partial charge in [-0.1, -0.05) is 25.5 Å². The van der Waals surface area contributed by atoms with Gasteiger partial charge in [0.25, 0.3) is 0 Å². The van der Waals surface area contributed by atoms with Crippen LogP contribution in [0.4, 0.5) is 0 Å². The number of aliphatic hydroxyl groups is 1. The van der Waals surface area contributed by atoms with Crippen LogP contribution in [-0.2, 0) is 13.0 Å². The summed E-state index contributed by atoms with van der Waals surface area (Å²) >= 11 is 0. The Morgan fingerprint density at radius 1 is 1.22 bits per heavy atom. The number of hydrogen-bond acceptors (Lipinski definition) is 3. The van der Waals surface area contributed by atoms with Gasteiger partial charge >= 0.3 is 0 Å². The van der Waals surface area contributed by atoms with Crippen LogP contribution >= 0.6 is 24.8 Å². The Bertz CT molecular complexity index is 774. The molecule has 0 spiro atoms. The molecule has 2 N–H and O–H groups in total. The number of nitrogens with zero attached hydrogens (tertiary/aromatic N) is 2. The number of aryl methyl sites for hydroxylation is 2. The van der Waals surface area contributed by atoms with Gasteiger partial charge in [-0.3, -0.25) is 4.90 Å². The minimum atomic E-state index is -0.300. The van der Waals surface area contributed by atoms with Crippen LogP contribution < -0.4 is 5.32 Å². The average molecular weight is 414 g/mol. The van der Waals surface area contributed by atoms with E-state index in [9.17, 15) is 5.11 Å². The van der Waals surface area contributed by atoms with Crippen LogP contribution in [0.3, 0.4) is 0 Å². The van der Waals surface area contributed by atoms with Gasteiger partial charge in [0.2, 0.25) is 0 Å². The van der Waals surface area contributed by atoms with Crippen LogP contribution in [-0.4, -0.2) is 46.4 Å². The molecule has 2 heterocycles. The standard InChI is InChI=1S/C21H31N3O.2ClH/c1-14(2)22-12-16(25)13-23-9-10-24-19-8-7-15(3)11-18(19)17-5-4-6-20(23)21(17)24;;/h7-8,11,14,16,20,22,25H,4-6,9-10,12-13H2,1-3H3;2*1H. The van der Waals surface area contributed by atoms with Gasteiger partial charge in [-0.15, -0.1) is 24.8 Å². The number of aromatic nitrogens is 1. The normalized spacial score (nSPS) is 20.1. The van der Waals surface area contributed by atoms with Crippen molar-refractivity contribution in [1.82, 2.24) is 14.8 Å². The first-order valence-electron chi connectivity index (χ1n) is 9.81. The molecule has 0 radical (unpaired) electrons. The molecular formula is C21H33Cl2N3O. The van der Waals surface area contributed by atoms with Crippen LogP contribution in [0, 0.1) is 6.92 Å². The van der Waals surface area contributed by atoms with E-state index in [0.717, 1.165) is 19.6 Å². The molecule has 1 aliphatic carbocycles. The van der Waals surface area contributed by atoms with Gasteiger partial charge in [0.1, 0.15) is 0 Å². The Labute approximate surface area is 175 Å². The summed E-state index contributed by atoms with van der Waals surface area (Å²) < 4.78 is 2.56. The maximum absolute atomic E-state index is 10.5. The zero-order valence-corrected chi connectivity index (χ0v) is 18.2. The summed E-state index contributed by atoms with van der Waals surface area (Å²) in [4.78, 5) is 2.52. The van der Waals surface area contributed by atoms with Crippen molar-refractivity contribution in [3.63, 3.8) is 0 Å². The minimum Gasteiger partial charge on any atom is -0.390 e. The quantitative estimate of drug-likeness (QED) is 0.781. The summed E-state index contributed by atoms with van der Waals surface area (Å²) in [5.41, 5.74) is 5.85. The lowest BCUT2D eigenvalue weighted by Gasteiger charge is -2.40. The topological polar surface area (TPSA) is 40.4 Å². The molecule has 0 saturated carbocycles. The average Bonchev–Trinajstić information content (AvgIpc) is 2.90. The molecule has 2 aliphatic rings. The number of halogens is 2. The summed E-state index contributed by atoms with van der Waals surface area (Å²) in [6.07, 6.45) is 3.36. The SMILES string of the molecule is Cc1ccc2c(c1)c1c3n2CCN(CC(O)CNC(C)C)C3CCC1.Cl.Cl. The van der Waals surface area contributed by atoms with E-state index in [0.29, 0.717) is 18.6 Å². The molecule has 0 bridgehead atoms. The first kappa shape index (κ1) is 22.5. The Hall–Kier alpha value is -0.780. The summed E-state index contributed by atoms with van der Waals surface area (Å²) in [5.74, 6) is 0. The lowest BCUT2D eigenvalue weighted by Crippen LogP contribution is -2.46. The van der Waals surface area contributed by atoms with Gasteiger partial charge in [-0.05, 0) is 43.9 Å². The third kappa shape index (κ3) is 4.30. The molecular weight excluding hydrogens is 381 g/mol. The van der Waals surface area contributed by atoms with Crippen molar-refractivity contribution < 1.29 is 5.11 Å². The highest BCUT2D eigenvalue weighted by molar-refractivity contribution is 5.87. The molecule has 152 valence electrons. The molecule has 1 aromatic carbocycles. The second kappa shape index (κ2) is 9.15. The van der Waals surface area contributed by atoms with Crippen LogP contribution in [0.2, 0.25) is 0 Å². The summed E-state index contributed by atoms with van der Waals surface area (Å²) in [5, 5.41) is 15.3. The van der Waals surface area contributed by atoms with E-state index in [1.54, 1.807) is 5.56 Å². The predicted octanol–water partition coefficient (Wildman–Crippen LogP) is 3.85. The van der Waals surface area contributed by atoms with Crippen LogP contribution in [0.5, 0.6) is 0 Å². The number of aliphatic hydroxyl groups excluding tert-OH is 1. The molecule has 1 aliphatic heterocycles. The van der Waals surface area contributed by atoms with Crippen molar-refractivity contribution >= 4 is 35.7 Å². The first-order chi connectivity index (χ1) is 12.0. The molecule has 4 rings (SSSR count). The van der Waals surface area contributed by atoms with E-state index in [4.69, 9.17) is 0 Å². The third-order valence-corrected chi connectivity index (χ3v) is 5.85. The number of nitrogens with one attached hydrogen (secondary N) is 1. The molecule has 2 unspecified atom stereocenters. The van der Waals surface area contributed by atoms with E-state index in [-0.39, 0.29) is 30.9 Å². The van der Waals surface area contributed by atoms with Gasteiger partial charge in [-0.2, -0.15) is 0 Å². The zero-order valence-electron chi connectivity index (χ0n) is 16.6. The smallest absolute Gasteiger partial charge is 0.0791 e. The predicted molar refractivity (Wildman–Crippen MR) is 118 cm³/mol. The largest absolute Gasteiger partial charge is 0.390 e. The third-order valence-electron chi connectivity index (χ3n) is 5.85. The molecule has 0 fully saturated rings. The molecule has 1 aromatic heterocycles. The van der Waals surface area contributed by atoms with Crippen LogP contribution in [0.15, 0.2) is 18.2 Å². The van der Waals surface area contributed by atoms with E-state index >= 15 is 0 Å².